The molecule has 1 rings (SSSR count). The van der Waals surface area contributed by atoms with Crippen molar-refractivity contribution in [3.63, 3.8) is 0 Å². The first-order valence-corrected chi connectivity index (χ1v) is 6.21. The molecule has 0 spiro atoms. The van der Waals surface area contributed by atoms with Crippen LogP contribution in [0, 0.1) is 0 Å². The van der Waals surface area contributed by atoms with Gasteiger partial charge in [-0.1, -0.05) is 46.7 Å². The van der Waals surface area contributed by atoms with Crippen LogP contribution < -0.4 is 0 Å². The van der Waals surface area contributed by atoms with Gasteiger partial charge in [0.2, 0.25) is 5.12 Å². The highest BCUT2D eigenvalue weighted by atomic mass is 79.9. The van der Waals surface area contributed by atoms with Crippen molar-refractivity contribution in [3.8, 4) is 0 Å². The smallest absolute Gasteiger partial charge is 0.247 e. The normalized spacial score (nSPS) is 11.5. The molecule has 15 heavy (non-hydrogen) atoms. The summed E-state index contributed by atoms with van der Waals surface area (Å²) in [7, 11) is 0. The lowest BCUT2D eigenvalue weighted by molar-refractivity contribution is -0.109. The van der Waals surface area contributed by atoms with Crippen molar-refractivity contribution < 1.29 is 9.18 Å². The number of carbonyl (C=O) groups excluding carboxylic acids is 1. The SMILES string of the molecule is CCSC(=O)/C(F)=C/c1cccc(Br)c1. The van der Waals surface area contributed by atoms with Crippen LogP contribution in [-0.2, 0) is 4.79 Å². The van der Waals surface area contributed by atoms with Gasteiger partial charge in [0, 0.05) is 4.47 Å². The van der Waals surface area contributed by atoms with E-state index in [9.17, 15) is 9.18 Å². The second kappa shape index (κ2) is 6.08. The highest BCUT2D eigenvalue weighted by molar-refractivity contribution is 9.10. The minimum atomic E-state index is -0.708. The Balaban J connectivity index is 2.82. The largest absolute Gasteiger partial charge is 0.279 e. The Kier molecular flexibility index (Phi) is 5.05. The summed E-state index contributed by atoms with van der Waals surface area (Å²) in [6, 6.07) is 7.14. The van der Waals surface area contributed by atoms with Gasteiger partial charge in [-0.25, -0.2) is 4.39 Å². The van der Waals surface area contributed by atoms with E-state index in [1.165, 1.54) is 6.08 Å². The molecule has 0 unspecified atom stereocenters. The summed E-state index contributed by atoms with van der Waals surface area (Å²) in [6.07, 6.45) is 1.25. The monoisotopic (exact) mass is 288 g/mol. The first kappa shape index (κ1) is 12.5. The third-order valence-electron chi connectivity index (χ3n) is 1.61. The van der Waals surface area contributed by atoms with Gasteiger partial charge in [0.25, 0.3) is 0 Å². The molecule has 0 saturated heterocycles. The molecule has 0 amide bonds. The Morgan fingerprint density at radius 2 is 2.33 bits per heavy atom. The van der Waals surface area contributed by atoms with Crippen LogP contribution in [-0.4, -0.2) is 10.9 Å². The minimum Gasteiger partial charge on any atom is -0.279 e. The van der Waals surface area contributed by atoms with Crippen LogP contribution in [0.15, 0.2) is 34.6 Å². The average Bonchev–Trinajstić information content (AvgIpc) is 2.18. The van der Waals surface area contributed by atoms with Crippen LogP contribution in [0.5, 0.6) is 0 Å². The number of hydrogen-bond donors (Lipinski definition) is 0. The zero-order valence-corrected chi connectivity index (χ0v) is 10.6. The van der Waals surface area contributed by atoms with E-state index in [1.807, 2.05) is 13.0 Å². The molecule has 4 heteroatoms. The molecule has 0 bridgehead atoms. The predicted octanol–water partition coefficient (Wildman–Crippen LogP) is 4.04. The number of carbonyl (C=O) groups is 1. The van der Waals surface area contributed by atoms with Crippen LogP contribution in [0.25, 0.3) is 6.08 Å². The Hall–Kier alpha value is -0.610. The molecule has 0 N–H and O–H groups in total. The summed E-state index contributed by atoms with van der Waals surface area (Å²) in [4.78, 5) is 11.1. The van der Waals surface area contributed by atoms with Gasteiger partial charge in [-0.3, -0.25) is 4.79 Å². The van der Waals surface area contributed by atoms with Crippen LogP contribution >= 0.6 is 27.7 Å². The molecule has 1 aromatic rings. The molecule has 0 aliphatic carbocycles. The fourth-order valence-electron chi connectivity index (χ4n) is 1.00. The van der Waals surface area contributed by atoms with E-state index in [1.54, 1.807) is 18.2 Å². The average molecular weight is 289 g/mol. The topological polar surface area (TPSA) is 17.1 Å². The molecular weight excluding hydrogens is 279 g/mol. The molecule has 0 fully saturated rings. The number of thioether (sulfide) groups is 1. The molecule has 0 radical (unpaired) electrons. The fraction of sp³-hybridized carbons (Fsp3) is 0.182. The van der Waals surface area contributed by atoms with Crippen molar-refractivity contribution in [2.75, 3.05) is 5.75 Å². The van der Waals surface area contributed by atoms with E-state index >= 15 is 0 Å². The molecular formula is C11H10BrFOS. The van der Waals surface area contributed by atoms with Gasteiger partial charge in [0.05, 0.1) is 0 Å². The Labute approximate surface area is 101 Å². The van der Waals surface area contributed by atoms with Gasteiger partial charge in [-0.15, -0.1) is 0 Å². The van der Waals surface area contributed by atoms with Crippen LogP contribution in [0.1, 0.15) is 12.5 Å². The van der Waals surface area contributed by atoms with Crippen molar-refractivity contribution in [2.45, 2.75) is 6.92 Å². The summed E-state index contributed by atoms with van der Waals surface area (Å²) in [5.41, 5.74) is 0.673. The molecule has 0 atom stereocenters. The Morgan fingerprint density at radius 3 is 2.93 bits per heavy atom. The van der Waals surface area contributed by atoms with Crippen LogP contribution in [0.4, 0.5) is 4.39 Å². The second-order valence-corrected chi connectivity index (χ2v) is 4.92. The number of halogens is 2. The van der Waals surface area contributed by atoms with E-state index in [0.717, 1.165) is 16.2 Å². The van der Waals surface area contributed by atoms with Gasteiger partial charge in [-0.2, -0.15) is 0 Å². The zero-order valence-electron chi connectivity index (χ0n) is 8.17. The van der Waals surface area contributed by atoms with Crippen LogP contribution in [0.2, 0.25) is 0 Å². The third kappa shape index (κ3) is 4.18. The zero-order chi connectivity index (χ0) is 11.3. The maximum atomic E-state index is 13.3. The van der Waals surface area contributed by atoms with Gasteiger partial charge < -0.3 is 0 Å². The van der Waals surface area contributed by atoms with E-state index < -0.39 is 10.9 Å². The first-order chi connectivity index (χ1) is 7.13. The summed E-state index contributed by atoms with van der Waals surface area (Å²) < 4.78 is 14.1. The predicted molar refractivity (Wildman–Crippen MR) is 66.4 cm³/mol. The molecule has 0 aliphatic rings. The van der Waals surface area contributed by atoms with Crippen molar-refractivity contribution in [3.05, 3.63) is 40.1 Å². The number of hydrogen-bond acceptors (Lipinski definition) is 2. The van der Waals surface area contributed by atoms with E-state index in [0.29, 0.717) is 11.3 Å². The standard InChI is InChI=1S/C11H10BrFOS/c1-2-15-11(14)10(13)7-8-4-3-5-9(12)6-8/h3-7H,2H2,1H3/b10-7-. The van der Waals surface area contributed by atoms with Crippen molar-refractivity contribution in [2.24, 2.45) is 0 Å². The molecule has 0 heterocycles. The number of benzene rings is 1. The van der Waals surface area contributed by atoms with E-state index in [-0.39, 0.29) is 0 Å². The summed E-state index contributed by atoms with van der Waals surface area (Å²) in [6.45, 7) is 1.81. The van der Waals surface area contributed by atoms with Crippen molar-refractivity contribution >= 4 is 38.9 Å². The summed E-state index contributed by atoms with van der Waals surface area (Å²) in [5.74, 6) is -0.126. The lowest BCUT2D eigenvalue weighted by Gasteiger charge is -1.96. The lowest BCUT2D eigenvalue weighted by atomic mass is 10.2. The minimum absolute atomic E-state index is 0.516. The number of rotatable bonds is 3. The van der Waals surface area contributed by atoms with Gasteiger partial charge in [0.1, 0.15) is 0 Å². The Bertz CT molecular complexity index is 390. The molecule has 80 valence electrons. The van der Waals surface area contributed by atoms with E-state index in [4.69, 9.17) is 0 Å². The fourth-order valence-corrected chi connectivity index (χ4v) is 1.88. The first-order valence-electron chi connectivity index (χ1n) is 4.43. The summed E-state index contributed by atoms with van der Waals surface area (Å²) >= 11 is 4.25. The molecule has 0 aromatic heterocycles. The highest BCUT2D eigenvalue weighted by Gasteiger charge is 2.07. The van der Waals surface area contributed by atoms with E-state index in [2.05, 4.69) is 15.9 Å². The Morgan fingerprint density at radius 1 is 1.60 bits per heavy atom. The lowest BCUT2D eigenvalue weighted by Crippen LogP contribution is -1.92. The van der Waals surface area contributed by atoms with Gasteiger partial charge >= 0.3 is 0 Å². The second-order valence-electron chi connectivity index (χ2n) is 2.77. The maximum Gasteiger partial charge on any atom is 0.247 e. The molecule has 0 saturated carbocycles. The van der Waals surface area contributed by atoms with Crippen molar-refractivity contribution in [1.29, 1.82) is 0 Å². The third-order valence-corrected chi connectivity index (χ3v) is 2.85. The summed E-state index contributed by atoms with van der Waals surface area (Å²) in [5, 5.41) is -0.516. The van der Waals surface area contributed by atoms with Gasteiger partial charge in [-0.05, 0) is 29.5 Å². The van der Waals surface area contributed by atoms with Gasteiger partial charge in [0.15, 0.2) is 5.83 Å². The highest BCUT2D eigenvalue weighted by Crippen LogP contribution is 2.18. The molecule has 0 aliphatic heterocycles. The van der Waals surface area contributed by atoms with Crippen LogP contribution in [0.3, 0.4) is 0 Å². The quantitative estimate of drug-likeness (QED) is 0.781. The molecule has 1 aromatic carbocycles. The molecule has 1 nitrogen and oxygen atoms in total. The van der Waals surface area contributed by atoms with Crippen molar-refractivity contribution in [1.82, 2.24) is 0 Å². The maximum absolute atomic E-state index is 13.3.